The van der Waals surface area contributed by atoms with Gasteiger partial charge >= 0.3 is 0 Å². The molecule has 4 aromatic rings. The maximum absolute atomic E-state index is 13.8. The van der Waals surface area contributed by atoms with E-state index in [1.807, 2.05) is 18.2 Å². The highest BCUT2D eigenvalue weighted by atomic mass is 19.1. The van der Waals surface area contributed by atoms with Crippen molar-refractivity contribution in [3.05, 3.63) is 101 Å². The lowest BCUT2D eigenvalue weighted by Gasteiger charge is -2.25. The van der Waals surface area contributed by atoms with Gasteiger partial charge in [0, 0.05) is 24.5 Å². The standard InChI is InChI=1S/C27H28F2N4O2/c1-2-17-6-5-7-18(10-17)15-30-16-25(34)24(13-19-11-20(28)14-21(29)12-19)31-27(35)26-22-8-3-4-9-23(22)32-33-26/h3-12,14,24-25,30,34H,2,13,15-16H2,1H3,(H,31,35)(H,32,33)/t24-,25+/m0/s1. The normalized spacial score (nSPS) is 13.0. The van der Waals surface area contributed by atoms with Crippen molar-refractivity contribution in [1.29, 1.82) is 0 Å². The lowest BCUT2D eigenvalue weighted by atomic mass is 10.00. The number of benzene rings is 3. The molecule has 4 rings (SSSR count). The summed E-state index contributed by atoms with van der Waals surface area (Å²) in [6.07, 6.45) is -0.0574. The van der Waals surface area contributed by atoms with E-state index in [1.54, 1.807) is 18.2 Å². The van der Waals surface area contributed by atoms with Crippen LogP contribution in [0.4, 0.5) is 8.78 Å². The largest absolute Gasteiger partial charge is 0.390 e. The summed E-state index contributed by atoms with van der Waals surface area (Å²) in [5.74, 6) is -1.92. The topological polar surface area (TPSA) is 90.0 Å². The average Bonchev–Trinajstić information content (AvgIpc) is 3.27. The Morgan fingerprint density at radius 1 is 1.00 bits per heavy atom. The van der Waals surface area contributed by atoms with Gasteiger partial charge in [0.05, 0.1) is 17.7 Å². The summed E-state index contributed by atoms with van der Waals surface area (Å²) in [6, 6.07) is 17.7. The van der Waals surface area contributed by atoms with Crippen LogP contribution in [0.3, 0.4) is 0 Å². The molecule has 1 amide bonds. The Labute approximate surface area is 202 Å². The van der Waals surface area contributed by atoms with Crippen LogP contribution in [0, 0.1) is 11.6 Å². The quantitative estimate of drug-likeness (QED) is 0.278. The summed E-state index contributed by atoms with van der Waals surface area (Å²) < 4.78 is 27.6. The summed E-state index contributed by atoms with van der Waals surface area (Å²) in [6.45, 7) is 2.78. The Balaban J connectivity index is 1.49. The third-order valence-corrected chi connectivity index (χ3v) is 5.93. The molecule has 0 bridgehead atoms. The maximum atomic E-state index is 13.8. The summed E-state index contributed by atoms with van der Waals surface area (Å²) in [5, 5.41) is 24.5. The molecule has 6 nitrogen and oxygen atoms in total. The van der Waals surface area contributed by atoms with Crippen molar-refractivity contribution >= 4 is 16.8 Å². The molecule has 4 N–H and O–H groups in total. The number of fused-ring (bicyclic) bond motifs is 1. The van der Waals surface area contributed by atoms with Gasteiger partial charge in [0.1, 0.15) is 11.6 Å². The molecule has 0 fully saturated rings. The number of hydrogen-bond acceptors (Lipinski definition) is 4. The Bertz CT molecular complexity index is 1290. The Morgan fingerprint density at radius 2 is 1.74 bits per heavy atom. The molecule has 0 unspecified atom stereocenters. The van der Waals surface area contributed by atoms with Crippen LogP contribution in [0.1, 0.15) is 34.1 Å². The zero-order valence-electron chi connectivity index (χ0n) is 19.4. The summed E-state index contributed by atoms with van der Waals surface area (Å²) in [5.41, 5.74) is 3.52. The van der Waals surface area contributed by atoms with Gasteiger partial charge in [-0.1, -0.05) is 49.4 Å². The molecule has 1 aromatic heterocycles. The summed E-state index contributed by atoms with van der Waals surface area (Å²) >= 11 is 0. The molecule has 0 aliphatic rings. The fraction of sp³-hybridized carbons (Fsp3) is 0.259. The van der Waals surface area contributed by atoms with E-state index in [0.717, 1.165) is 18.1 Å². The first kappa shape index (κ1) is 24.5. The highest BCUT2D eigenvalue weighted by Crippen LogP contribution is 2.17. The van der Waals surface area contributed by atoms with Crippen LogP contribution >= 0.6 is 0 Å². The molecule has 0 aliphatic carbocycles. The van der Waals surface area contributed by atoms with E-state index in [4.69, 9.17) is 0 Å². The van der Waals surface area contributed by atoms with Crippen LogP contribution in [0.5, 0.6) is 0 Å². The van der Waals surface area contributed by atoms with Crippen molar-refractivity contribution in [2.24, 2.45) is 0 Å². The number of aryl methyl sites for hydroxylation is 1. The zero-order chi connectivity index (χ0) is 24.8. The number of para-hydroxylation sites is 1. The minimum atomic E-state index is -1.02. The number of aromatic nitrogens is 2. The first-order valence-corrected chi connectivity index (χ1v) is 11.6. The number of aliphatic hydroxyl groups excluding tert-OH is 1. The van der Waals surface area contributed by atoms with Crippen molar-refractivity contribution < 1.29 is 18.7 Å². The molecule has 8 heteroatoms. The number of amides is 1. The van der Waals surface area contributed by atoms with Crippen molar-refractivity contribution in [3.8, 4) is 0 Å². The lowest BCUT2D eigenvalue weighted by Crippen LogP contribution is -2.48. The minimum Gasteiger partial charge on any atom is -0.390 e. The SMILES string of the molecule is CCc1cccc(CNC[C@@H](O)[C@H](Cc2cc(F)cc(F)c2)NC(=O)c2n[nH]c3ccccc23)c1. The Kier molecular flexibility index (Phi) is 7.84. The van der Waals surface area contributed by atoms with Crippen molar-refractivity contribution in [3.63, 3.8) is 0 Å². The second-order valence-corrected chi connectivity index (χ2v) is 8.55. The van der Waals surface area contributed by atoms with E-state index in [-0.39, 0.29) is 18.7 Å². The van der Waals surface area contributed by atoms with E-state index >= 15 is 0 Å². The van der Waals surface area contributed by atoms with E-state index in [0.29, 0.717) is 23.0 Å². The molecule has 2 atom stereocenters. The van der Waals surface area contributed by atoms with Gasteiger partial charge in [-0.05, 0) is 47.7 Å². The average molecular weight is 479 g/mol. The highest BCUT2D eigenvalue weighted by Gasteiger charge is 2.25. The Hall–Kier alpha value is -3.62. The van der Waals surface area contributed by atoms with Gasteiger partial charge in [-0.3, -0.25) is 9.89 Å². The second-order valence-electron chi connectivity index (χ2n) is 8.55. The van der Waals surface area contributed by atoms with E-state index in [1.165, 1.54) is 17.7 Å². The molecule has 35 heavy (non-hydrogen) atoms. The number of rotatable bonds is 10. The van der Waals surface area contributed by atoms with Gasteiger partial charge < -0.3 is 15.7 Å². The molecule has 1 heterocycles. The molecule has 3 aromatic carbocycles. The summed E-state index contributed by atoms with van der Waals surface area (Å²) in [7, 11) is 0. The predicted molar refractivity (Wildman–Crippen MR) is 131 cm³/mol. The van der Waals surface area contributed by atoms with Gasteiger partial charge in [0.25, 0.3) is 5.91 Å². The Morgan fingerprint density at radius 3 is 2.51 bits per heavy atom. The monoisotopic (exact) mass is 478 g/mol. The van der Waals surface area contributed by atoms with Crippen LogP contribution in [0.2, 0.25) is 0 Å². The molecule has 0 saturated heterocycles. The van der Waals surface area contributed by atoms with Crippen LogP contribution in [-0.2, 0) is 19.4 Å². The number of aliphatic hydroxyl groups is 1. The number of carbonyl (C=O) groups excluding carboxylic acids is 1. The molecule has 182 valence electrons. The third-order valence-electron chi connectivity index (χ3n) is 5.93. The smallest absolute Gasteiger partial charge is 0.272 e. The van der Waals surface area contributed by atoms with Gasteiger partial charge in [-0.25, -0.2) is 8.78 Å². The second kappa shape index (κ2) is 11.2. The number of carbonyl (C=O) groups is 1. The molecule has 0 saturated carbocycles. The van der Waals surface area contributed by atoms with Crippen molar-refractivity contribution in [1.82, 2.24) is 20.8 Å². The fourth-order valence-corrected chi connectivity index (χ4v) is 4.11. The lowest BCUT2D eigenvalue weighted by molar-refractivity contribution is 0.0826. The molecule has 0 spiro atoms. The zero-order valence-corrected chi connectivity index (χ0v) is 19.4. The predicted octanol–water partition coefficient (Wildman–Crippen LogP) is 3.90. The van der Waals surface area contributed by atoms with Crippen molar-refractivity contribution in [2.75, 3.05) is 6.54 Å². The number of halogens is 2. The van der Waals surface area contributed by atoms with Gasteiger partial charge in [0.2, 0.25) is 0 Å². The first-order chi connectivity index (χ1) is 16.9. The first-order valence-electron chi connectivity index (χ1n) is 11.6. The number of H-pyrrole nitrogens is 1. The molecule has 0 radical (unpaired) electrons. The molecular formula is C27H28F2N4O2. The minimum absolute atomic E-state index is 0.0386. The maximum Gasteiger partial charge on any atom is 0.272 e. The van der Waals surface area contributed by atoms with Crippen LogP contribution in [0.25, 0.3) is 10.9 Å². The van der Waals surface area contributed by atoms with Crippen LogP contribution in [0.15, 0.2) is 66.7 Å². The van der Waals surface area contributed by atoms with Crippen molar-refractivity contribution in [2.45, 2.75) is 38.5 Å². The third kappa shape index (κ3) is 6.29. The van der Waals surface area contributed by atoms with Gasteiger partial charge in [-0.15, -0.1) is 0 Å². The van der Waals surface area contributed by atoms with E-state index in [2.05, 4.69) is 39.9 Å². The number of aromatic amines is 1. The highest BCUT2D eigenvalue weighted by molar-refractivity contribution is 6.04. The van der Waals surface area contributed by atoms with Gasteiger partial charge in [0.15, 0.2) is 5.69 Å². The van der Waals surface area contributed by atoms with E-state index < -0.39 is 29.7 Å². The molecular weight excluding hydrogens is 450 g/mol. The van der Waals surface area contributed by atoms with E-state index in [9.17, 15) is 18.7 Å². The van der Waals surface area contributed by atoms with Crippen LogP contribution in [-0.4, -0.2) is 39.9 Å². The summed E-state index contributed by atoms with van der Waals surface area (Å²) in [4.78, 5) is 13.1. The van der Waals surface area contributed by atoms with Gasteiger partial charge in [-0.2, -0.15) is 5.10 Å². The number of hydrogen-bond donors (Lipinski definition) is 4. The van der Waals surface area contributed by atoms with Crippen LogP contribution < -0.4 is 10.6 Å². The fourth-order valence-electron chi connectivity index (χ4n) is 4.11. The number of nitrogens with one attached hydrogen (secondary N) is 3. The number of nitrogens with zero attached hydrogens (tertiary/aromatic N) is 1. The molecule has 0 aliphatic heterocycles.